The predicted octanol–water partition coefficient (Wildman–Crippen LogP) is 3.28. The van der Waals surface area contributed by atoms with E-state index in [4.69, 9.17) is 0 Å². The normalized spacial score (nSPS) is 10.4. The molecule has 72 valence electrons. The van der Waals surface area contributed by atoms with Crippen LogP contribution in [0.4, 0.5) is 4.39 Å². The van der Waals surface area contributed by atoms with Crippen molar-refractivity contribution in [3.8, 4) is 10.4 Å². The van der Waals surface area contributed by atoms with Crippen LogP contribution in [0.3, 0.4) is 0 Å². The molecule has 0 spiro atoms. The Labute approximate surface area is 88.5 Å². The van der Waals surface area contributed by atoms with Gasteiger partial charge >= 0.3 is 0 Å². The fraction of sp³-hybridized carbons (Fsp3) is 0.100. The Balaban J connectivity index is 2.54. The predicted molar refractivity (Wildman–Crippen MR) is 58.6 cm³/mol. The summed E-state index contributed by atoms with van der Waals surface area (Å²) in [6.07, 6.45) is 0. The second kappa shape index (κ2) is 3.63. The molecule has 0 aliphatic rings. The molecule has 0 bridgehead atoms. The van der Waals surface area contributed by atoms with E-state index in [0.717, 1.165) is 15.3 Å². The largest absolute Gasteiger partial charge is 0.288 e. The minimum Gasteiger partial charge on any atom is -0.265 e. The first-order valence-electron chi connectivity index (χ1n) is 4.03. The molecule has 0 radical (unpaired) electrons. The molecule has 1 aromatic heterocycles. The van der Waals surface area contributed by atoms with Gasteiger partial charge in [0, 0.05) is 4.88 Å². The number of benzene rings is 1. The van der Waals surface area contributed by atoms with Crippen LogP contribution in [0.25, 0.3) is 10.4 Å². The van der Waals surface area contributed by atoms with Crippen LogP contribution in [0, 0.1) is 12.7 Å². The Hall–Kier alpha value is -1.00. The molecular weight excluding hydrogens is 219 g/mol. The van der Waals surface area contributed by atoms with Crippen molar-refractivity contribution in [2.24, 2.45) is 0 Å². The van der Waals surface area contributed by atoms with E-state index in [1.807, 2.05) is 6.92 Å². The van der Waals surface area contributed by atoms with Crippen LogP contribution >= 0.6 is 22.7 Å². The highest BCUT2D eigenvalue weighted by Crippen LogP contribution is 2.28. The van der Waals surface area contributed by atoms with Crippen LogP contribution < -0.4 is 4.06 Å². The maximum absolute atomic E-state index is 12.7. The quantitative estimate of drug-likeness (QED) is 0.729. The molecule has 0 fully saturated rings. The van der Waals surface area contributed by atoms with Crippen molar-refractivity contribution in [2.75, 3.05) is 0 Å². The summed E-state index contributed by atoms with van der Waals surface area (Å²) in [6.45, 7) is 1.90. The summed E-state index contributed by atoms with van der Waals surface area (Å²) in [4.78, 5) is 13.1. The van der Waals surface area contributed by atoms with E-state index in [1.54, 1.807) is 12.1 Å². The summed E-state index contributed by atoms with van der Waals surface area (Å²) in [5.41, 5.74) is 0.909. The van der Waals surface area contributed by atoms with Crippen LogP contribution in [-0.2, 0) is 0 Å². The minimum absolute atomic E-state index is 0.0850. The monoisotopic (exact) mass is 226 g/mol. The van der Waals surface area contributed by atoms with Gasteiger partial charge in [-0.15, -0.1) is 0 Å². The molecule has 14 heavy (non-hydrogen) atoms. The highest BCUT2D eigenvalue weighted by Gasteiger charge is 2.06. The maximum Gasteiger partial charge on any atom is 0.288 e. The third-order valence-electron chi connectivity index (χ3n) is 1.85. The van der Waals surface area contributed by atoms with Gasteiger partial charge in [0.2, 0.25) is 0 Å². The highest BCUT2D eigenvalue weighted by atomic mass is 32.2. The van der Waals surface area contributed by atoms with E-state index >= 15 is 0 Å². The van der Waals surface area contributed by atoms with Gasteiger partial charge in [0.1, 0.15) is 5.82 Å². The van der Waals surface area contributed by atoms with Crippen LogP contribution in [0.5, 0.6) is 0 Å². The zero-order valence-corrected chi connectivity index (χ0v) is 9.05. The number of hydrogen-bond acceptors (Lipinski definition) is 3. The first-order chi connectivity index (χ1) is 6.66. The Morgan fingerprint density at radius 3 is 2.29 bits per heavy atom. The molecule has 0 N–H and O–H groups in total. The van der Waals surface area contributed by atoms with E-state index in [9.17, 15) is 9.18 Å². The van der Waals surface area contributed by atoms with Crippen molar-refractivity contribution in [3.63, 3.8) is 0 Å². The first kappa shape index (κ1) is 9.55. The molecule has 1 heterocycles. The summed E-state index contributed by atoms with van der Waals surface area (Å²) in [5.74, 6) is -0.256. The lowest BCUT2D eigenvalue weighted by Crippen LogP contribution is -1.77. The summed E-state index contributed by atoms with van der Waals surface area (Å²) in [7, 11) is 0. The van der Waals surface area contributed by atoms with Gasteiger partial charge in [-0.3, -0.25) is 4.79 Å². The lowest BCUT2D eigenvalue weighted by molar-refractivity contribution is 0.628. The third-order valence-corrected chi connectivity index (χ3v) is 4.07. The summed E-state index contributed by atoms with van der Waals surface area (Å²) >= 11 is 2.45. The van der Waals surface area contributed by atoms with Gasteiger partial charge in [-0.05, 0) is 24.6 Å². The minimum atomic E-state index is -0.256. The Morgan fingerprint density at radius 2 is 1.79 bits per heavy atom. The molecule has 4 heteroatoms. The Kier molecular flexibility index (Phi) is 2.48. The lowest BCUT2D eigenvalue weighted by atomic mass is 10.2. The molecule has 2 aromatic rings. The second-order valence-corrected chi connectivity index (χ2v) is 5.28. The fourth-order valence-corrected chi connectivity index (χ4v) is 3.28. The van der Waals surface area contributed by atoms with Crippen LogP contribution in [0.1, 0.15) is 4.88 Å². The molecule has 2 rings (SSSR count). The summed E-state index contributed by atoms with van der Waals surface area (Å²) in [6, 6.07) is 6.20. The summed E-state index contributed by atoms with van der Waals surface area (Å²) < 4.78 is 12.7. The number of halogens is 1. The number of aryl methyl sites for hydroxylation is 1. The van der Waals surface area contributed by atoms with Gasteiger partial charge in [-0.1, -0.05) is 34.8 Å². The van der Waals surface area contributed by atoms with Crippen LogP contribution in [0.2, 0.25) is 0 Å². The zero-order valence-electron chi connectivity index (χ0n) is 7.41. The molecule has 1 aromatic carbocycles. The van der Waals surface area contributed by atoms with Crippen molar-refractivity contribution in [2.45, 2.75) is 6.92 Å². The smallest absolute Gasteiger partial charge is 0.265 e. The Morgan fingerprint density at radius 1 is 1.14 bits per heavy atom. The number of hydrogen-bond donors (Lipinski definition) is 0. The van der Waals surface area contributed by atoms with Crippen molar-refractivity contribution < 1.29 is 4.39 Å². The summed E-state index contributed by atoms with van der Waals surface area (Å²) in [5, 5.41) is 0. The molecule has 0 saturated carbocycles. The van der Waals surface area contributed by atoms with E-state index in [1.165, 1.54) is 34.8 Å². The van der Waals surface area contributed by atoms with Crippen molar-refractivity contribution in [1.29, 1.82) is 0 Å². The van der Waals surface area contributed by atoms with Gasteiger partial charge < -0.3 is 0 Å². The van der Waals surface area contributed by atoms with E-state index < -0.39 is 0 Å². The second-order valence-electron chi connectivity index (χ2n) is 2.85. The molecule has 0 saturated heterocycles. The molecular formula is C10H7FOS2. The first-order valence-corrected chi connectivity index (χ1v) is 5.66. The number of rotatable bonds is 1. The SMILES string of the molecule is Cc1sc(=O)sc1-c1ccc(F)cc1. The van der Waals surface area contributed by atoms with Crippen LogP contribution in [0.15, 0.2) is 29.1 Å². The molecule has 0 amide bonds. The fourth-order valence-electron chi connectivity index (χ4n) is 1.21. The molecule has 0 aliphatic heterocycles. The van der Waals surface area contributed by atoms with E-state index in [-0.39, 0.29) is 9.87 Å². The van der Waals surface area contributed by atoms with Gasteiger partial charge in [0.05, 0.1) is 4.88 Å². The average Bonchev–Trinajstić information content (AvgIpc) is 2.47. The Bertz CT molecular complexity index is 496. The van der Waals surface area contributed by atoms with Gasteiger partial charge in [0.25, 0.3) is 4.06 Å². The van der Waals surface area contributed by atoms with Crippen molar-refractivity contribution in [3.05, 3.63) is 43.8 Å². The topological polar surface area (TPSA) is 17.1 Å². The van der Waals surface area contributed by atoms with Gasteiger partial charge in [-0.2, -0.15) is 0 Å². The standard InChI is InChI=1S/C10H7FOS2/c1-6-9(14-10(12)13-6)7-2-4-8(11)5-3-7/h2-5H,1H3. The maximum atomic E-state index is 12.7. The lowest BCUT2D eigenvalue weighted by Gasteiger charge is -1.97. The van der Waals surface area contributed by atoms with Gasteiger partial charge in [0.15, 0.2) is 0 Å². The average molecular weight is 226 g/mol. The van der Waals surface area contributed by atoms with Crippen molar-refractivity contribution >= 4 is 22.7 Å². The van der Waals surface area contributed by atoms with Gasteiger partial charge in [-0.25, -0.2) is 4.39 Å². The highest BCUT2D eigenvalue weighted by molar-refractivity contribution is 7.29. The molecule has 0 aliphatic carbocycles. The van der Waals surface area contributed by atoms with Crippen molar-refractivity contribution in [1.82, 2.24) is 0 Å². The molecule has 0 unspecified atom stereocenters. The zero-order chi connectivity index (χ0) is 10.1. The molecule has 1 nitrogen and oxygen atoms in total. The molecule has 0 atom stereocenters. The van der Waals surface area contributed by atoms with Crippen LogP contribution in [-0.4, -0.2) is 0 Å². The third kappa shape index (κ3) is 1.76. The van der Waals surface area contributed by atoms with E-state index in [2.05, 4.69) is 0 Å². The van der Waals surface area contributed by atoms with E-state index in [0.29, 0.717) is 0 Å².